The first kappa shape index (κ1) is 19.8. The Morgan fingerprint density at radius 2 is 2.04 bits per heavy atom. The molecule has 0 atom stereocenters. The van der Waals surface area contributed by atoms with Gasteiger partial charge in [-0.3, -0.25) is 4.79 Å². The Kier molecular flexibility index (Phi) is 6.57. The molecule has 0 spiro atoms. The molecule has 1 amide bonds. The smallest absolute Gasteiger partial charge is 0.262 e. The van der Waals surface area contributed by atoms with Gasteiger partial charge in [0.05, 0.1) is 6.61 Å². The zero-order chi connectivity index (χ0) is 19.9. The van der Waals surface area contributed by atoms with Crippen molar-refractivity contribution >= 4 is 23.6 Å². The minimum absolute atomic E-state index is 0.0686. The first-order chi connectivity index (χ1) is 13.6. The van der Waals surface area contributed by atoms with Gasteiger partial charge in [0.2, 0.25) is 0 Å². The van der Waals surface area contributed by atoms with E-state index in [1.807, 2.05) is 37.3 Å². The lowest BCUT2D eigenvalue weighted by molar-refractivity contribution is -0.117. The molecule has 144 valence electrons. The zero-order valence-electron chi connectivity index (χ0n) is 15.6. The SMILES string of the molecule is CCOc1cc(/C=C(\C#N)C(=O)NC2CC2)ccc1OCc1ccccc1Cl. The number of benzene rings is 2. The van der Waals surface area contributed by atoms with Crippen LogP contribution in [-0.2, 0) is 11.4 Å². The number of hydrogen-bond donors (Lipinski definition) is 1. The Balaban J connectivity index is 1.78. The maximum Gasteiger partial charge on any atom is 0.262 e. The molecule has 2 aromatic carbocycles. The molecule has 1 fully saturated rings. The van der Waals surface area contributed by atoms with E-state index in [1.165, 1.54) is 0 Å². The molecule has 2 aromatic rings. The van der Waals surface area contributed by atoms with Crippen LogP contribution in [0.2, 0.25) is 5.02 Å². The lowest BCUT2D eigenvalue weighted by atomic mass is 10.1. The number of rotatable bonds is 8. The molecule has 0 aliphatic heterocycles. The van der Waals surface area contributed by atoms with Gasteiger partial charge in [0.15, 0.2) is 11.5 Å². The molecule has 0 radical (unpaired) electrons. The summed E-state index contributed by atoms with van der Waals surface area (Å²) in [4.78, 5) is 12.1. The Morgan fingerprint density at radius 1 is 1.25 bits per heavy atom. The van der Waals surface area contributed by atoms with Crippen LogP contribution in [0.4, 0.5) is 0 Å². The second-order valence-electron chi connectivity index (χ2n) is 6.44. The Hall–Kier alpha value is -2.97. The maximum absolute atomic E-state index is 12.1. The number of nitriles is 1. The van der Waals surface area contributed by atoms with Crippen LogP contribution in [0, 0.1) is 11.3 Å². The van der Waals surface area contributed by atoms with Crippen LogP contribution in [-0.4, -0.2) is 18.6 Å². The van der Waals surface area contributed by atoms with E-state index in [1.54, 1.807) is 24.3 Å². The Bertz CT molecular complexity index is 930. The van der Waals surface area contributed by atoms with Crippen LogP contribution in [0.5, 0.6) is 11.5 Å². The van der Waals surface area contributed by atoms with Gasteiger partial charge in [-0.05, 0) is 49.6 Å². The molecule has 3 rings (SSSR count). The van der Waals surface area contributed by atoms with Gasteiger partial charge in [0, 0.05) is 16.6 Å². The van der Waals surface area contributed by atoms with E-state index in [4.69, 9.17) is 21.1 Å². The molecule has 0 saturated heterocycles. The molecule has 28 heavy (non-hydrogen) atoms. The Labute approximate surface area is 169 Å². The quantitative estimate of drug-likeness (QED) is 0.526. The summed E-state index contributed by atoms with van der Waals surface area (Å²) in [5.41, 5.74) is 1.63. The highest BCUT2D eigenvalue weighted by Gasteiger charge is 2.24. The van der Waals surface area contributed by atoms with Gasteiger partial charge >= 0.3 is 0 Å². The van der Waals surface area contributed by atoms with E-state index in [2.05, 4.69) is 5.32 Å². The average molecular weight is 397 g/mol. The molecule has 1 aliphatic rings. The molecule has 1 saturated carbocycles. The number of ether oxygens (including phenoxy) is 2. The third kappa shape index (κ3) is 5.28. The molecule has 1 N–H and O–H groups in total. The summed E-state index contributed by atoms with van der Waals surface area (Å²) in [5.74, 6) is 0.769. The predicted molar refractivity (Wildman–Crippen MR) is 108 cm³/mol. The van der Waals surface area contributed by atoms with Crippen molar-refractivity contribution < 1.29 is 14.3 Å². The fourth-order valence-corrected chi connectivity index (χ4v) is 2.77. The van der Waals surface area contributed by atoms with E-state index in [-0.39, 0.29) is 17.5 Å². The average Bonchev–Trinajstić information content (AvgIpc) is 3.50. The van der Waals surface area contributed by atoms with Crippen molar-refractivity contribution in [3.8, 4) is 17.6 Å². The summed E-state index contributed by atoms with van der Waals surface area (Å²) in [7, 11) is 0. The summed E-state index contributed by atoms with van der Waals surface area (Å²) in [5, 5.41) is 12.8. The van der Waals surface area contributed by atoms with Gasteiger partial charge in [-0.1, -0.05) is 35.9 Å². The van der Waals surface area contributed by atoms with Gasteiger partial charge in [-0.2, -0.15) is 5.26 Å². The first-order valence-electron chi connectivity index (χ1n) is 9.16. The minimum atomic E-state index is -0.345. The number of hydrogen-bond acceptors (Lipinski definition) is 4. The molecule has 0 aromatic heterocycles. The molecule has 6 heteroatoms. The highest BCUT2D eigenvalue weighted by molar-refractivity contribution is 6.31. The number of nitrogens with one attached hydrogen (secondary N) is 1. The summed E-state index contributed by atoms with van der Waals surface area (Å²) >= 11 is 6.17. The van der Waals surface area contributed by atoms with Gasteiger partial charge in [0.1, 0.15) is 18.2 Å². The summed E-state index contributed by atoms with van der Waals surface area (Å²) in [6, 6.07) is 14.9. The monoisotopic (exact) mass is 396 g/mol. The molecule has 1 aliphatic carbocycles. The molecule has 0 unspecified atom stereocenters. The van der Waals surface area contributed by atoms with Crippen molar-refractivity contribution in [3.63, 3.8) is 0 Å². The van der Waals surface area contributed by atoms with Gasteiger partial charge in [-0.25, -0.2) is 0 Å². The van der Waals surface area contributed by atoms with Gasteiger partial charge in [0.25, 0.3) is 5.91 Å². The molecule has 0 bridgehead atoms. The van der Waals surface area contributed by atoms with Crippen molar-refractivity contribution in [2.45, 2.75) is 32.4 Å². The molecular weight excluding hydrogens is 376 g/mol. The summed E-state index contributed by atoms with van der Waals surface area (Å²) in [6.07, 6.45) is 3.49. The number of halogens is 1. The molecular formula is C22H21ClN2O3. The van der Waals surface area contributed by atoms with Crippen LogP contribution in [0.25, 0.3) is 6.08 Å². The lowest BCUT2D eigenvalue weighted by Gasteiger charge is -2.13. The highest BCUT2D eigenvalue weighted by Crippen LogP contribution is 2.31. The number of amides is 1. The van der Waals surface area contributed by atoms with E-state index in [0.717, 1.165) is 18.4 Å². The highest BCUT2D eigenvalue weighted by atomic mass is 35.5. The van der Waals surface area contributed by atoms with Gasteiger partial charge in [-0.15, -0.1) is 0 Å². The third-order valence-electron chi connectivity index (χ3n) is 4.20. The van der Waals surface area contributed by atoms with E-state index in [9.17, 15) is 10.1 Å². The normalized spacial score (nSPS) is 13.5. The van der Waals surface area contributed by atoms with Crippen LogP contribution < -0.4 is 14.8 Å². The van der Waals surface area contributed by atoms with Crippen LogP contribution >= 0.6 is 11.6 Å². The Morgan fingerprint density at radius 3 is 2.71 bits per heavy atom. The van der Waals surface area contributed by atoms with Crippen LogP contribution in [0.15, 0.2) is 48.0 Å². The number of carbonyl (C=O) groups is 1. The zero-order valence-corrected chi connectivity index (χ0v) is 16.3. The standard InChI is InChI=1S/C22H21ClN2O3/c1-2-27-21-12-15(11-17(13-24)22(26)25-18-8-9-18)7-10-20(21)28-14-16-5-3-4-6-19(16)23/h3-7,10-12,18H,2,8-9,14H2,1H3,(H,25,26)/b17-11+. The van der Waals surface area contributed by atoms with E-state index >= 15 is 0 Å². The van der Waals surface area contributed by atoms with Crippen LogP contribution in [0.3, 0.4) is 0 Å². The van der Waals surface area contributed by atoms with Crippen molar-refractivity contribution in [2.75, 3.05) is 6.61 Å². The fourth-order valence-electron chi connectivity index (χ4n) is 2.58. The predicted octanol–water partition coefficient (Wildman–Crippen LogP) is 4.50. The first-order valence-corrected chi connectivity index (χ1v) is 9.54. The number of nitrogens with zero attached hydrogens (tertiary/aromatic N) is 1. The van der Waals surface area contributed by atoms with E-state index in [0.29, 0.717) is 35.3 Å². The lowest BCUT2D eigenvalue weighted by Crippen LogP contribution is -2.26. The summed E-state index contributed by atoms with van der Waals surface area (Å²) < 4.78 is 11.6. The van der Waals surface area contributed by atoms with E-state index < -0.39 is 0 Å². The third-order valence-corrected chi connectivity index (χ3v) is 4.57. The molecule has 0 heterocycles. The second-order valence-corrected chi connectivity index (χ2v) is 6.84. The van der Waals surface area contributed by atoms with Crippen molar-refractivity contribution in [1.29, 1.82) is 5.26 Å². The fraction of sp³-hybridized carbons (Fsp3) is 0.273. The van der Waals surface area contributed by atoms with Crippen molar-refractivity contribution in [3.05, 3.63) is 64.2 Å². The topological polar surface area (TPSA) is 71.3 Å². The van der Waals surface area contributed by atoms with Crippen molar-refractivity contribution in [2.24, 2.45) is 0 Å². The van der Waals surface area contributed by atoms with Crippen LogP contribution in [0.1, 0.15) is 30.9 Å². The molecule has 5 nitrogen and oxygen atoms in total. The summed E-state index contributed by atoms with van der Waals surface area (Å²) in [6.45, 7) is 2.65. The van der Waals surface area contributed by atoms with Crippen molar-refractivity contribution in [1.82, 2.24) is 5.32 Å². The number of carbonyl (C=O) groups excluding carboxylic acids is 1. The van der Waals surface area contributed by atoms with Gasteiger partial charge < -0.3 is 14.8 Å². The minimum Gasteiger partial charge on any atom is -0.490 e. The maximum atomic E-state index is 12.1. The largest absolute Gasteiger partial charge is 0.490 e. The second kappa shape index (κ2) is 9.29.